The fraction of sp³-hybridized carbons (Fsp3) is 0.400. The average molecular weight is 274 g/mol. The Morgan fingerprint density at radius 1 is 1.56 bits per heavy atom. The molecule has 7 nitrogen and oxygen atoms in total. The number of carbonyl (C=O) groups excluding carboxylic acids is 1. The SMILES string of the molecule is CCOc1cc(CS(=O)(=O)O)ncc1C(=O)NC. The van der Waals surface area contributed by atoms with Crippen LogP contribution >= 0.6 is 0 Å². The number of hydrogen-bond donors (Lipinski definition) is 2. The highest BCUT2D eigenvalue weighted by molar-refractivity contribution is 7.85. The molecule has 1 rings (SSSR count). The van der Waals surface area contributed by atoms with Crippen LogP contribution in [0.25, 0.3) is 0 Å². The van der Waals surface area contributed by atoms with Gasteiger partial charge < -0.3 is 10.1 Å². The van der Waals surface area contributed by atoms with Crippen molar-refractivity contribution in [2.45, 2.75) is 12.7 Å². The topological polar surface area (TPSA) is 106 Å². The number of nitrogens with zero attached hydrogens (tertiary/aromatic N) is 1. The van der Waals surface area contributed by atoms with E-state index in [1.165, 1.54) is 19.3 Å². The molecule has 2 N–H and O–H groups in total. The van der Waals surface area contributed by atoms with Crippen molar-refractivity contribution in [1.82, 2.24) is 10.3 Å². The van der Waals surface area contributed by atoms with Gasteiger partial charge in [0.15, 0.2) is 0 Å². The van der Waals surface area contributed by atoms with E-state index in [-0.39, 0.29) is 22.9 Å². The molecule has 0 aliphatic heterocycles. The van der Waals surface area contributed by atoms with Crippen LogP contribution < -0.4 is 10.1 Å². The Balaban J connectivity index is 3.14. The lowest BCUT2D eigenvalue weighted by molar-refractivity contribution is 0.0959. The molecule has 1 heterocycles. The Kier molecular flexibility index (Phi) is 4.62. The van der Waals surface area contributed by atoms with E-state index < -0.39 is 15.9 Å². The molecule has 0 spiro atoms. The van der Waals surface area contributed by atoms with E-state index in [2.05, 4.69) is 10.3 Å². The van der Waals surface area contributed by atoms with E-state index in [0.717, 1.165) is 0 Å². The van der Waals surface area contributed by atoms with Gasteiger partial charge in [0.25, 0.3) is 16.0 Å². The minimum Gasteiger partial charge on any atom is -0.493 e. The summed E-state index contributed by atoms with van der Waals surface area (Å²) in [6.45, 7) is 2.05. The molecule has 0 fully saturated rings. The minimum absolute atomic E-state index is 0.105. The number of hydrogen-bond acceptors (Lipinski definition) is 5. The van der Waals surface area contributed by atoms with Crippen LogP contribution in [0.15, 0.2) is 12.3 Å². The summed E-state index contributed by atoms with van der Waals surface area (Å²) in [6.07, 6.45) is 1.21. The van der Waals surface area contributed by atoms with Crippen molar-refractivity contribution < 1.29 is 22.5 Å². The van der Waals surface area contributed by atoms with Gasteiger partial charge in [-0.1, -0.05) is 0 Å². The van der Waals surface area contributed by atoms with Crippen LogP contribution in [0, 0.1) is 0 Å². The first-order valence-electron chi connectivity index (χ1n) is 5.16. The van der Waals surface area contributed by atoms with Crippen LogP contribution in [0.1, 0.15) is 23.0 Å². The number of pyridine rings is 1. The number of amides is 1. The molecule has 0 saturated carbocycles. The summed E-state index contributed by atoms with van der Waals surface area (Å²) >= 11 is 0. The van der Waals surface area contributed by atoms with Gasteiger partial charge in [-0.2, -0.15) is 8.42 Å². The normalized spacial score (nSPS) is 11.1. The summed E-state index contributed by atoms with van der Waals surface area (Å²) < 4.78 is 35.4. The zero-order chi connectivity index (χ0) is 13.8. The van der Waals surface area contributed by atoms with Gasteiger partial charge in [-0.15, -0.1) is 0 Å². The molecule has 0 bridgehead atoms. The van der Waals surface area contributed by atoms with Gasteiger partial charge in [0.2, 0.25) is 0 Å². The van der Waals surface area contributed by atoms with Crippen LogP contribution in [0.3, 0.4) is 0 Å². The van der Waals surface area contributed by atoms with Crippen molar-refractivity contribution in [2.75, 3.05) is 13.7 Å². The first kappa shape index (κ1) is 14.4. The van der Waals surface area contributed by atoms with Gasteiger partial charge in [-0.05, 0) is 6.92 Å². The first-order chi connectivity index (χ1) is 8.37. The van der Waals surface area contributed by atoms with E-state index in [1.807, 2.05) is 0 Å². The van der Waals surface area contributed by atoms with Crippen LogP contribution in [0.2, 0.25) is 0 Å². The molecule has 1 aromatic rings. The third-order valence-electron chi connectivity index (χ3n) is 2.02. The predicted molar refractivity (Wildman–Crippen MR) is 64.0 cm³/mol. The molecular formula is C10H14N2O5S. The predicted octanol–water partition coefficient (Wildman–Crippen LogP) is 0.228. The van der Waals surface area contributed by atoms with E-state index in [1.54, 1.807) is 6.92 Å². The zero-order valence-corrected chi connectivity index (χ0v) is 10.8. The van der Waals surface area contributed by atoms with Crippen molar-refractivity contribution in [1.29, 1.82) is 0 Å². The smallest absolute Gasteiger partial charge is 0.270 e. The maximum Gasteiger partial charge on any atom is 0.270 e. The molecule has 100 valence electrons. The van der Waals surface area contributed by atoms with Gasteiger partial charge in [0.05, 0.1) is 17.9 Å². The maximum atomic E-state index is 11.5. The van der Waals surface area contributed by atoms with Crippen LogP contribution in [-0.4, -0.2) is 37.5 Å². The van der Waals surface area contributed by atoms with Gasteiger partial charge in [-0.3, -0.25) is 14.3 Å². The third kappa shape index (κ3) is 3.97. The van der Waals surface area contributed by atoms with Crippen molar-refractivity contribution in [2.24, 2.45) is 0 Å². The summed E-state index contributed by atoms with van der Waals surface area (Å²) in [7, 11) is -2.70. The molecule has 18 heavy (non-hydrogen) atoms. The molecule has 0 aliphatic rings. The molecule has 0 radical (unpaired) electrons. The van der Waals surface area contributed by atoms with Gasteiger partial charge in [0.1, 0.15) is 11.5 Å². The average Bonchev–Trinajstić information content (AvgIpc) is 2.27. The monoisotopic (exact) mass is 274 g/mol. The Morgan fingerprint density at radius 2 is 2.22 bits per heavy atom. The van der Waals surface area contributed by atoms with Crippen LogP contribution in [0.4, 0.5) is 0 Å². The molecule has 0 aliphatic carbocycles. The molecular weight excluding hydrogens is 260 g/mol. The standard InChI is InChI=1S/C10H14N2O5S/c1-3-17-9-4-7(6-18(14,15)16)12-5-8(9)10(13)11-2/h4-5H,3,6H2,1-2H3,(H,11,13)(H,14,15,16). The fourth-order valence-electron chi connectivity index (χ4n) is 1.32. The largest absolute Gasteiger partial charge is 0.493 e. The van der Waals surface area contributed by atoms with Crippen molar-refractivity contribution >= 4 is 16.0 Å². The van der Waals surface area contributed by atoms with Crippen molar-refractivity contribution in [3.05, 3.63) is 23.5 Å². The van der Waals surface area contributed by atoms with Crippen LogP contribution in [-0.2, 0) is 15.9 Å². The van der Waals surface area contributed by atoms with E-state index in [0.29, 0.717) is 6.61 Å². The van der Waals surface area contributed by atoms with E-state index in [9.17, 15) is 13.2 Å². The highest BCUT2D eigenvalue weighted by Gasteiger charge is 2.15. The molecule has 0 atom stereocenters. The summed E-state index contributed by atoms with van der Waals surface area (Å²) in [5.41, 5.74) is 0.312. The van der Waals surface area contributed by atoms with E-state index >= 15 is 0 Å². The van der Waals surface area contributed by atoms with Crippen LogP contribution in [0.5, 0.6) is 5.75 Å². The summed E-state index contributed by atoms with van der Waals surface area (Å²) in [5, 5.41) is 2.42. The van der Waals surface area contributed by atoms with Gasteiger partial charge >= 0.3 is 0 Å². The molecule has 0 saturated heterocycles. The Morgan fingerprint density at radius 3 is 2.72 bits per heavy atom. The second kappa shape index (κ2) is 5.78. The Hall–Kier alpha value is -1.67. The molecule has 0 unspecified atom stereocenters. The lowest BCUT2D eigenvalue weighted by atomic mass is 10.2. The van der Waals surface area contributed by atoms with Crippen molar-refractivity contribution in [3.8, 4) is 5.75 Å². The molecule has 1 amide bonds. The number of nitrogens with one attached hydrogen (secondary N) is 1. The summed E-state index contributed by atoms with van der Waals surface area (Å²) in [4.78, 5) is 15.3. The summed E-state index contributed by atoms with van der Waals surface area (Å²) in [5.74, 6) is -0.781. The Bertz CT molecular complexity index is 541. The van der Waals surface area contributed by atoms with Crippen molar-refractivity contribution in [3.63, 3.8) is 0 Å². The number of aromatic nitrogens is 1. The number of ether oxygens (including phenoxy) is 1. The summed E-state index contributed by atoms with van der Waals surface area (Å²) in [6, 6.07) is 1.32. The molecule has 1 aromatic heterocycles. The molecule has 0 aromatic carbocycles. The minimum atomic E-state index is -4.17. The third-order valence-corrected chi connectivity index (χ3v) is 2.69. The highest BCUT2D eigenvalue weighted by atomic mass is 32.2. The number of carbonyl (C=O) groups is 1. The lowest BCUT2D eigenvalue weighted by Crippen LogP contribution is -2.19. The maximum absolute atomic E-state index is 11.5. The quantitative estimate of drug-likeness (QED) is 0.744. The molecule has 8 heteroatoms. The van der Waals surface area contributed by atoms with Gasteiger partial charge in [-0.25, -0.2) is 0 Å². The second-order valence-corrected chi connectivity index (χ2v) is 4.86. The Labute approximate surface area is 105 Å². The van der Waals surface area contributed by atoms with E-state index in [4.69, 9.17) is 9.29 Å². The highest BCUT2D eigenvalue weighted by Crippen LogP contribution is 2.19. The second-order valence-electron chi connectivity index (χ2n) is 3.41. The number of rotatable bonds is 5. The first-order valence-corrected chi connectivity index (χ1v) is 6.77. The zero-order valence-electron chi connectivity index (χ0n) is 10.0. The fourth-order valence-corrected chi connectivity index (χ4v) is 1.85. The van der Waals surface area contributed by atoms with Gasteiger partial charge in [0, 0.05) is 19.3 Å². The lowest BCUT2D eigenvalue weighted by Gasteiger charge is -2.10.